The lowest BCUT2D eigenvalue weighted by atomic mass is 10.0. The summed E-state index contributed by atoms with van der Waals surface area (Å²) >= 11 is 0. The van der Waals surface area contributed by atoms with E-state index in [2.05, 4.69) is 4.74 Å². The molecule has 2 aromatic rings. The monoisotopic (exact) mass is 248 g/mol. The lowest BCUT2D eigenvalue weighted by molar-refractivity contribution is 0.0600. The summed E-state index contributed by atoms with van der Waals surface area (Å²) < 4.78 is 31.1. The van der Waals surface area contributed by atoms with Crippen molar-refractivity contribution in [1.29, 1.82) is 0 Å². The van der Waals surface area contributed by atoms with Crippen LogP contribution in [0.15, 0.2) is 42.5 Å². The summed E-state index contributed by atoms with van der Waals surface area (Å²) in [7, 11) is 1.23. The van der Waals surface area contributed by atoms with Gasteiger partial charge in [0, 0.05) is 5.56 Å². The van der Waals surface area contributed by atoms with Gasteiger partial charge in [0.15, 0.2) is 0 Å². The second-order valence-corrected chi connectivity index (χ2v) is 3.69. The van der Waals surface area contributed by atoms with Crippen LogP contribution in [0.4, 0.5) is 8.78 Å². The Balaban J connectivity index is 2.41. The zero-order chi connectivity index (χ0) is 13.1. The van der Waals surface area contributed by atoms with Crippen molar-refractivity contribution in [1.82, 2.24) is 0 Å². The highest BCUT2D eigenvalue weighted by atomic mass is 19.1. The lowest BCUT2D eigenvalue weighted by Gasteiger charge is -2.05. The smallest absolute Gasteiger partial charge is 0.337 e. The average molecular weight is 248 g/mol. The molecule has 2 rings (SSSR count). The fraction of sp³-hybridized carbons (Fsp3) is 0.0714. The molecule has 0 radical (unpaired) electrons. The molecule has 0 aliphatic rings. The maximum atomic E-state index is 13.8. The Morgan fingerprint density at radius 2 is 1.72 bits per heavy atom. The summed E-state index contributed by atoms with van der Waals surface area (Å²) in [5, 5.41) is 0. The SMILES string of the molecule is COC(=O)c1ccc(-c2ccc(F)cc2)c(F)c1. The molecular formula is C14H10F2O2. The third kappa shape index (κ3) is 2.37. The molecule has 18 heavy (non-hydrogen) atoms. The van der Waals surface area contributed by atoms with Crippen LogP contribution in [0.2, 0.25) is 0 Å². The molecule has 0 aromatic heterocycles. The van der Waals surface area contributed by atoms with Crippen molar-refractivity contribution >= 4 is 5.97 Å². The molecule has 0 aliphatic heterocycles. The van der Waals surface area contributed by atoms with E-state index in [0.29, 0.717) is 11.1 Å². The van der Waals surface area contributed by atoms with Crippen LogP contribution in [0.25, 0.3) is 11.1 Å². The highest BCUT2D eigenvalue weighted by Crippen LogP contribution is 2.24. The quantitative estimate of drug-likeness (QED) is 0.761. The molecule has 0 spiro atoms. The minimum Gasteiger partial charge on any atom is -0.465 e. The number of methoxy groups -OCH3 is 1. The molecule has 0 saturated carbocycles. The number of benzene rings is 2. The summed E-state index contributed by atoms with van der Waals surface area (Å²) in [6.45, 7) is 0. The number of hydrogen-bond donors (Lipinski definition) is 0. The molecule has 0 saturated heterocycles. The molecule has 4 heteroatoms. The lowest BCUT2D eigenvalue weighted by Crippen LogP contribution is -2.01. The fourth-order valence-electron chi connectivity index (χ4n) is 1.62. The van der Waals surface area contributed by atoms with Crippen LogP contribution in [0.5, 0.6) is 0 Å². The van der Waals surface area contributed by atoms with E-state index in [-0.39, 0.29) is 11.4 Å². The normalized spacial score (nSPS) is 10.2. The van der Waals surface area contributed by atoms with Crippen LogP contribution in [0.1, 0.15) is 10.4 Å². The predicted molar refractivity (Wildman–Crippen MR) is 63.1 cm³/mol. The van der Waals surface area contributed by atoms with Crippen molar-refractivity contribution in [2.45, 2.75) is 0 Å². The number of halogens is 2. The van der Waals surface area contributed by atoms with E-state index >= 15 is 0 Å². The van der Waals surface area contributed by atoms with Gasteiger partial charge in [-0.15, -0.1) is 0 Å². The fourth-order valence-corrected chi connectivity index (χ4v) is 1.62. The van der Waals surface area contributed by atoms with E-state index in [1.165, 1.54) is 43.5 Å². The van der Waals surface area contributed by atoms with Crippen LogP contribution in [0.3, 0.4) is 0 Å². The number of esters is 1. The van der Waals surface area contributed by atoms with E-state index in [1.807, 2.05) is 0 Å². The average Bonchev–Trinajstić information content (AvgIpc) is 2.39. The zero-order valence-electron chi connectivity index (χ0n) is 9.61. The first-order valence-electron chi connectivity index (χ1n) is 5.25. The van der Waals surface area contributed by atoms with Gasteiger partial charge in [0.2, 0.25) is 0 Å². The van der Waals surface area contributed by atoms with E-state index < -0.39 is 11.8 Å². The topological polar surface area (TPSA) is 26.3 Å². The Labute approximate surface area is 103 Å². The van der Waals surface area contributed by atoms with Crippen molar-refractivity contribution in [2.24, 2.45) is 0 Å². The van der Waals surface area contributed by atoms with Gasteiger partial charge in [-0.3, -0.25) is 0 Å². The molecule has 0 atom stereocenters. The van der Waals surface area contributed by atoms with Crippen LogP contribution in [-0.4, -0.2) is 13.1 Å². The van der Waals surface area contributed by atoms with Crippen LogP contribution in [0, 0.1) is 11.6 Å². The molecule has 0 aliphatic carbocycles. The summed E-state index contributed by atoms with van der Waals surface area (Å²) in [5.74, 6) is -1.53. The van der Waals surface area contributed by atoms with Gasteiger partial charge < -0.3 is 4.74 Å². The van der Waals surface area contributed by atoms with E-state index in [9.17, 15) is 13.6 Å². The third-order valence-corrected chi connectivity index (χ3v) is 2.55. The van der Waals surface area contributed by atoms with E-state index in [0.717, 1.165) is 6.07 Å². The molecule has 0 heterocycles. The second kappa shape index (κ2) is 4.96. The predicted octanol–water partition coefficient (Wildman–Crippen LogP) is 3.42. The number of rotatable bonds is 2. The van der Waals surface area contributed by atoms with Crippen molar-refractivity contribution in [3.8, 4) is 11.1 Å². The minimum absolute atomic E-state index is 0.140. The van der Waals surface area contributed by atoms with Crippen LogP contribution in [-0.2, 0) is 4.74 Å². The van der Waals surface area contributed by atoms with Crippen LogP contribution < -0.4 is 0 Å². The molecule has 2 aromatic carbocycles. The number of carbonyl (C=O) groups excluding carboxylic acids is 1. The minimum atomic E-state index is -0.598. The van der Waals surface area contributed by atoms with Gasteiger partial charge in [0.05, 0.1) is 12.7 Å². The Kier molecular flexibility index (Phi) is 3.37. The first-order chi connectivity index (χ1) is 8.61. The van der Waals surface area contributed by atoms with Gasteiger partial charge in [0.25, 0.3) is 0 Å². The van der Waals surface area contributed by atoms with Gasteiger partial charge in [-0.1, -0.05) is 18.2 Å². The van der Waals surface area contributed by atoms with E-state index in [1.54, 1.807) is 0 Å². The van der Waals surface area contributed by atoms with Gasteiger partial charge >= 0.3 is 5.97 Å². The van der Waals surface area contributed by atoms with Crippen LogP contribution >= 0.6 is 0 Å². The summed E-state index contributed by atoms with van der Waals surface area (Å²) in [6, 6.07) is 9.50. The first-order valence-corrected chi connectivity index (χ1v) is 5.25. The highest BCUT2D eigenvalue weighted by Gasteiger charge is 2.10. The van der Waals surface area contributed by atoms with Crippen molar-refractivity contribution < 1.29 is 18.3 Å². The number of carbonyl (C=O) groups is 1. The molecule has 2 nitrogen and oxygen atoms in total. The Hall–Kier alpha value is -2.23. The molecule has 0 fully saturated rings. The molecule has 0 N–H and O–H groups in total. The zero-order valence-corrected chi connectivity index (χ0v) is 9.61. The van der Waals surface area contributed by atoms with Crippen molar-refractivity contribution in [3.05, 3.63) is 59.7 Å². The third-order valence-electron chi connectivity index (χ3n) is 2.55. The first kappa shape index (κ1) is 12.2. The summed E-state index contributed by atoms with van der Waals surface area (Å²) in [6.07, 6.45) is 0. The summed E-state index contributed by atoms with van der Waals surface area (Å²) in [4.78, 5) is 11.2. The Bertz CT molecular complexity index is 577. The van der Waals surface area contributed by atoms with Gasteiger partial charge in [0.1, 0.15) is 11.6 Å². The molecule has 0 unspecified atom stereocenters. The number of hydrogen-bond acceptors (Lipinski definition) is 2. The molecule has 0 amide bonds. The number of ether oxygens (including phenoxy) is 1. The van der Waals surface area contributed by atoms with Gasteiger partial charge in [-0.2, -0.15) is 0 Å². The van der Waals surface area contributed by atoms with Gasteiger partial charge in [-0.05, 0) is 29.8 Å². The Morgan fingerprint density at radius 3 is 2.28 bits per heavy atom. The highest BCUT2D eigenvalue weighted by molar-refractivity contribution is 5.90. The maximum Gasteiger partial charge on any atom is 0.337 e. The molecule has 92 valence electrons. The Morgan fingerprint density at radius 1 is 1.06 bits per heavy atom. The standard InChI is InChI=1S/C14H10F2O2/c1-18-14(17)10-4-7-12(13(16)8-10)9-2-5-11(15)6-3-9/h2-8H,1H3. The van der Waals surface area contributed by atoms with Crippen molar-refractivity contribution in [2.75, 3.05) is 7.11 Å². The maximum absolute atomic E-state index is 13.8. The van der Waals surface area contributed by atoms with Crippen molar-refractivity contribution in [3.63, 3.8) is 0 Å². The molecular weight excluding hydrogens is 238 g/mol. The summed E-state index contributed by atoms with van der Waals surface area (Å²) in [5.41, 5.74) is 0.994. The largest absolute Gasteiger partial charge is 0.465 e. The molecule has 0 bridgehead atoms. The van der Waals surface area contributed by atoms with E-state index in [4.69, 9.17) is 0 Å². The second-order valence-electron chi connectivity index (χ2n) is 3.69. The van der Waals surface area contributed by atoms with Gasteiger partial charge in [-0.25, -0.2) is 13.6 Å².